The maximum atomic E-state index is 11.7. The molecule has 0 heterocycles. The molecule has 0 saturated heterocycles. The van der Waals surface area contributed by atoms with E-state index in [2.05, 4.69) is 4.72 Å². The van der Waals surface area contributed by atoms with Crippen LogP contribution in [0.5, 0.6) is 0 Å². The summed E-state index contributed by atoms with van der Waals surface area (Å²) in [4.78, 5) is 0.0294. The van der Waals surface area contributed by atoms with E-state index in [9.17, 15) is 8.42 Å². The lowest BCUT2D eigenvalue weighted by atomic mass is 10.2. The second kappa shape index (κ2) is 4.75. The number of hydrogen-bond donors (Lipinski definition) is 1. The highest BCUT2D eigenvalue weighted by Gasteiger charge is 2.16. The van der Waals surface area contributed by atoms with Gasteiger partial charge in [0.25, 0.3) is 0 Å². The van der Waals surface area contributed by atoms with Gasteiger partial charge in [0.05, 0.1) is 29.1 Å². The fourth-order valence-electron chi connectivity index (χ4n) is 1.16. The zero-order chi connectivity index (χ0) is 12.2. The zero-order valence-electron chi connectivity index (χ0n) is 8.56. The highest BCUT2D eigenvalue weighted by Crippen LogP contribution is 2.16. The van der Waals surface area contributed by atoms with Crippen LogP contribution < -0.4 is 4.72 Å². The molecule has 0 bridgehead atoms. The number of hydrogen-bond acceptors (Lipinski definition) is 4. The maximum absolute atomic E-state index is 11.7. The minimum Gasteiger partial charge on any atom is -0.207 e. The quantitative estimate of drug-likeness (QED) is 0.779. The predicted octanol–water partition coefficient (Wildman–Crippen LogP) is 0.669. The summed E-state index contributed by atoms with van der Waals surface area (Å²) >= 11 is 0. The van der Waals surface area contributed by atoms with Gasteiger partial charge in [0.1, 0.15) is 0 Å². The zero-order valence-corrected chi connectivity index (χ0v) is 9.37. The van der Waals surface area contributed by atoms with Crippen LogP contribution in [0.3, 0.4) is 0 Å². The number of nitrogens with zero attached hydrogens (tertiary/aromatic N) is 2. The Morgan fingerprint density at radius 3 is 2.62 bits per heavy atom. The van der Waals surface area contributed by atoms with Crippen molar-refractivity contribution < 1.29 is 8.42 Å². The van der Waals surface area contributed by atoms with E-state index < -0.39 is 10.0 Å². The first kappa shape index (κ1) is 12.2. The standard InChI is InChI=1S/C10H9N3O2S/c1-8-2-3-9(7-12)6-10(8)16(14,15)13-5-4-11/h2-3,6,13H,5H2,1H3. The van der Waals surface area contributed by atoms with Crippen molar-refractivity contribution in [3.8, 4) is 12.1 Å². The van der Waals surface area contributed by atoms with E-state index in [1.165, 1.54) is 6.07 Å². The first-order chi connectivity index (χ1) is 7.51. The third-order valence-corrected chi connectivity index (χ3v) is 3.49. The van der Waals surface area contributed by atoms with Gasteiger partial charge in [-0.05, 0) is 24.6 Å². The molecule has 0 amide bonds. The molecule has 16 heavy (non-hydrogen) atoms. The van der Waals surface area contributed by atoms with Gasteiger partial charge >= 0.3 is 0 Å². The molecule has 0 fully saturated rings. The molecule has 0 unspecified atom stereocenters. The maximum Gasteiger partial charge on any atom is 0.241 e. The summed E-state index contributed by atoms with van der Waals surface area (Å²) in [7, 11) is -3.71. The predicted molar refractivity (Wildman–Crippen MR) is 56.7 cm³/mol. The lowest BCUT2D eigenvalue weighted by Gasteiger charge is -2.06. The molecular weight excluding hydrogens is 226 g/mol. The van der Waals surface area contributed by atoms with Crippen molar-refractivity contribution in [3.63, 3.8) is 0 Å². The second-order valence-electron chi connectivity index (χ2n) is 3.07. The number of aryl methyl sites for hydroxylation is 1. The normalized spacial score (nSPS) is 10.4. The number of benzene rings is 1. The molecule has 1 N–H and O–H groups in total. The van der Waals surface area contributed by atoms with Gasteiger partial charge < -0.3 is 0 Å². The van der Waals surface area contributed by atoms with Crippen LogP contribution >= 0.6 is 0 Å². The summed E-state index contributed by atoms with van der Waals surface area (Å²) in [6.45, 7) is 1.33. The van der Waals surface area contributed by atoms with Crippen molar-refractivity contribution in [1.29, 1.82) is 10.5 Å². The number of rotatable bonds is 3. The average molecular weight is 235 g/mol. The van der Waals surface area contributed by atoms with Crippen molar-refractivity contribution in [2.75, 3.05) is 6.54 Å². The monoisotopic (exact) mass is 235 g/mol. The van der Waals surface area contributed by atoms with Gasteiger partial charge in [0.2, 0.25) is 10.0 Å². The van der Waals surface area contributed by atoms with E-state index >= 15 is 0 Å². The molecule has 1 rings (SSSR count). The van der Waals surface area contributed by atoms with Gasteiger partial charge in [-0.3, -0.25) is 0 Å². The summed E-state index contributed by atoms with van der Waals surface area (Å²) in [6.07, 6.45) is 0. The first-order valence-electron chi connectivity index (χ1n) is 4.38. The van der Waals surface area contributed by atoms with Crippen molar-refractivity contribution in [2.45, 2.75) is 11.8 Å². The van der Waals surface area contributed by atoms with E-state index in [1.807, 2.05) is 6.07 Å². The fourth-order valence-corrected chi connectivity index (χ4v) is 2.35. The SMILES string of the molecule is Cc1ccc(C#N)cc1S(=O)(=O)NCC#N. The van der Waals surface area contributed by atoms with E-state index in [4.69, 9.17) is 10.5 Å². The molecule has 0 radical (unpaired) electrons. The molecule has 0 saturated carbocycles. The van der Waals surface area contributed by atoms with Crippen LogP contribution in [0.2, 0.25) is 0 Å². The topological polar surface area (TPSA) is 93.8 Å². The van der Waals surface area contributed by atoms with Gasteiger partial charge in [-0.15, -0.1) is 0 Å². The van der Waals surface area contributed by atoms with E-state index in [1.54, 1.807) is 25.1 Å². The second-order valence-corrected chi connectivity index (χ2v) is 4.81. The number of nitriles is 2. The van der Waals surface area contributed by atoms with Crippen LogP contribution in [0.1, 0.15) is 11.1 Å². The highest BCUT2D eigenvalue weighted by molar-refractivity contribution is 7.89. The summed E-state index contributed by atoms with van der Waals surface area (Å²) in [5, 5.41) is 17.0. The van der Waals surface area contributed by atoms with Crippen LogP contribution in [0.4, 0.5) is 0 Å². The molecule has 5 nitrogen and oxygen atoms in total. The van der Waals surface area contributed by atoms with E-state index in [0.29, 0.717) is 5.56 Å². The van der Waals surface area contributed by atoms with Gasteiger partial charge in [0, 0.05) is 0 Å². The van der Waals surface area contributed by atoms with Gasteiger partial charge in [-0.1, -0.05) is 6.07 Å². The Morgan fingerprint density at radius 1 is 1.38 bits per heavy atom. The molecule has 0 atom stereocenters. The Balaban J connectivity index is 3.23. The van der Waals surface area contributed by atoms with E-state index in [-0.39, 0.29) is 17.0 Å². The average Bonchev–Trinajstić information content (AvgIpc) is 2.27. The molecule has 0 aliphatic carbocycles. The number of sulfonamides is 1. The minimum atomic E-state index is -3.71. The Kier molecular flexibility index (Phi) is 3.62. The van der Waals surface area contributed by atoms with Gasteiger partial charge in [-0.2, -0.15) is 15.2 Å². The molecule has 1 aromatic carbocycles. The third kappa shape index (κ3) is 2.57. The van der Waals surface area contributed by atoms with Gasteiger partial charge in [0.15, 0.2) is 0 Å². The molecule has 0 aliphatic rings. The Bertz CT molecular complexity index is 579. The Morgan fingerprint density at radius 2 is 2.06 bits per heavy atom. The number of nitrogens with one attached hydrogen (secondary N) is 1. The van der Waals surface area contributed by atoms with Crippen LogP contribution in [0.25, 0.3) is 0 Å². The van der Waals surface area contributed by atoms with Crippen LogP contribution in [-0.4, -0.2) is 15.0 Å². The van der Waals surface area contributed by atoms with Crippen LogP contribution in [0, 0.1) is 29.6 Å². The van der Waals surface area contributed by atoms with Crippen LogP contribution in [-0.2, 0) is 10.0 Å². The van der Waals surface area contributed by atoms with Crippen LogP contribution in [0.15, 0.2) is 23.1 Å². The molecule has 82 valence electrons. The molecule has 0 aromatic heterocycles. The van der Waals surface area contributed by atoms with E-state index in [0.717, 1.165) is 0 Å². The molecule has 6 heteroatoms. The van der Waals surface area contributed by atoms with Gasteiger partial charge in [-0.25, -0.2) is 8.42 Å². The molecule has 1 aromatic rings. The highest BCUT2D eigenvalue weighted by atomic mass is 32.2. The first-order valence-corrected chi connectivity index (χ1v) is 5.87. The van der Waals surface area contributed by atoms with Crippen molar-refractivity contribution in [3.05, 3.63) is 29.3 Å². The largest absolute Gasteiger partial charge is 0.241 e. The van der Waals surface area contributed by atoms with Crippen molar-refractivity contribution in [2.24, 2.45) is 0 Å². The molecular formula is C10H9N3O2S. The minimum absolute atomic E-state index is 0.0294. The Labute approximate surface area is 94.0 Å². The summed E-state index contributed by atoms with van der Waals surface area (Å²) < 4.78 is 25.5. The fraction of sp³-hybridized carbons (Fsp3) is 0.200. The van der Waals surface area contributed by atoms with Crippen molar-refractivity contribution in [1.82, 2.24) is 4.72 Å². The molecule has 0 spiro atoms. The lowest BCUT2D eigenvalue weighted by molar-refractivity contribution is 0.585. The smallest absolute Gasteiger partial charge is 0.207 e. The third-order valence-electron chi connectivity index (χ3n) is 1.95. The summed E-state index contributed by atoms with van der Waals surface area (Å²) in [5.74, 6) is 0. The molecule has 0 aliphatic heterocycles. The summed E-state index contributed by atoms with van der Waals surface area (Å²) in [5.41, 5.74) is 0.798. The summed E-state index contributed by atoms with van der Waals surface area (Å²) in [6, 6.07) is 7.93. The van der Waals surface area contributed by atoms with Crippen molar-refractivity contribution >= 4 is 10.0 Å². The lowest BCUT2D eigenvalue weighted by Crippen LogP contribution is -2.24. The Hall–Kier alpha value is -1.89.